The molecule has 1 aliphatic heterocycles. The van der Waals surface area contributed by atoms with E-state index >= 15 is 0 Å². The van der Waals surface area contributed by atoms with E-state index in [9.17, 15) is 9.18 Å². The van der Waals surface area contributed by atoms with Gasteiger partial charge in [0.2, 0.25) is 5.96 Å². The van der Waals surface area contributed by atoms with E-state index in [4.69, 9.17) is 4.74 Å². The van der Waals surface area contributed by atoms with Gasteiger partial charge < -0.3 is 10.1 Å². The van der Waals surface area contributed by atoms with Crippen LogP contribution in [0.3, 0.4) is 0 Å². The molecule has 0 saturated carbocycles. The summed E-state index contributed by atoms with van der Waals surface area (Å²) in [6.07, 6.45) is 2.03. The third kappa shape index (κ3) is 5.37. The number of nitrogens with zero attached hydrogens (tertiary/aromatic N) is 1. The van der Waals surface area contributed by atoms with E-state index in [0.717, 1.165) is 29.6 Å². The average molecular weight is 420 g/mol. The fourth-order valence-corrected chi connectivity index (χ4v) is 2.84. The van der Waals surface area contributed by atoms with Gasteiger partial charge in [0.05, 0.1) is 12.6 Å². The van der Waals surface area contributed by atoms with Gasteiger partial charge in [-0.15, -0.1) is 0 Å². The van der Waals surface area contributed by atoms with Crippen molar-refractivity contribution in [2.75, 3.05) is 18.5 Å². The highest BCUT2D eigenvalue weighted by Crippen LogP contribution is 2.15. The molecule has 1 saturated heterocycles. The van der Waals surface area contributed by atoms with Gasteiger partial charge in [-0.2, -0.15) is 0 Å². The van der Waals surface area contributed by atoms with Crippen LogP contribution in [0, 0.1) is 5.82 Å². The van der Waals surface area contributed by atoms with Crippen molar-refractivity contribution in [2.24, 2.45) is 4.99 Å². The molecule has 136 valence electrons. The molecule has 2 aromatic rings. The van der Waals surface area contributed by atoms with Crippen LogP contribution in [-0.4, -0.2) is 31.1 Å². The molecule has 0 aromatic heterocycles. The number of hydrogen-bond donors (Lipinski definition) is 2. The standard InChI is InChI=1S/C19H19BrFN3O2/c20-14-6-8-16(9-7-14)23-19(22-12-17-5-2-10-26-17)24-18(25)13-3-1-4-15(21)11-13/h1,3-4,6-9,11,17H,2,5,10,12H2,(H2,22,23,24,25)/t17-/m1/s1. The Hall–Kier alpha value is -2.25. The van der Waals surface area contributed by atoms with Gasteiger partial charge >= 0.3 is 0 Å². The van der Waals surface area contributed by atoms with Crippen molar-refractivity contribution >= 4 is 33.5 Å². The van der Waals surface area contributed by atoms with Gasteiger partial charge in [-0.1, -0.05) is 22.0 Å². The minimum absolute atomic E-state index is 0.0581. The van der Waals surface area contributed by atoms with Crippen LogP contribution in [0.15, 0.2) is 58.0 Å². The monoisotopic (exact) mass is 419 g/mol. The van der Waals surface area contributed by atoms with E-state index in [2.05, 4.69) is 31.6 Å². The zero-order valence-electron chi connectivity index (χ0n) is 14.0. The van der Waals surface area contributed by atoms with E-state index in [1.165, 1.54) is 18.2 Å². The van der Waals surface area contributed by atoms with E-state index in [-0.39, 0.29) is 11.7 Å². The molecule has 1 fully saturated rings. The molecule has 5 nitrogen and oxygen atoms in total. The van der Waals surface area contributed by atoms with Crippen molar-refractivity contribution < 1.29 is 13.9 Å². The summed E-state index contributed by atoms with van der Waals surface area (Å²) in [4.78, 5) is 16.9. The van der Waals surface area contributed by atoms with Crippen LogP contribution in [0.1, 0.15) is 23.2 Å². The lowest BCUT2D eigenvalue weighted by atomic mass is 10.2. The Kier molecular flexibility index (Phi) is 6.35. The Morgan fingerprint density at radius 3 is 2.77 bits per heavy atom. The topological polar surface area (TPSA) is 62.7 Å². The first kappa shape index (κ1) is 18.5. The Morgan fingerprint density at radius 1 is 1.27 bits per heavy atom. The zero-order valence-corrected chi connectivity index (χ0v) is 15.6. The molecule has 2 aromatic carbocycles. The van der Waals surface area contributed by atoms with E-state index in [0.29, 0.717) is 12.5 Å². The number of amides is 1. The van der Waals surface area contributed by atoms with E-state index in [1.807, 2.05) is 24.3 Å². The summed E-state index contributed by atoms with van der Waals surface area (Å²) in [5, 5.41) is 5.81. The van der Waals surface area contributed by atoms with Gasteiger partial charge in [0.25, 0.3) is 5.91 Å². The summed E-state index contributed by atoms with van der Waals surface area (Å²) in [7, 11) is 0. The van der Waals surface area contributed by atoms with Crippen LogP contribution in [-0.2, 0) is 4.74 Å². The molecule has 0 radical (unpaired) electrons. The minimum atomic E-state index is -0.462. The van der Waals surface area contributed by atoms with Gasteiger partial charge in [0.15, 0.2) is 0 Å². The lowest BCUT2D eigenvalue weighted by molar-refractivity contribution is 0.0975. The molecule has 2 N–H and O–H groups in total. The fourth-order valence-electron chi connectivity index (χ4n) is 2.57. The molecule has 3 rings (SSSR count). The maximum atomic E-state index is 13.4. The molecule has 0 spiro atoms. The molecule has 7 heteroatoms. The van der Waals surface area contributed by atoms with Crippen molar-refractivity contribution in [1.82, 2.24) is 5.32 Å². The second-order valence-electron chi connectivity index (χ2n) is 5.92. The molecular formula is C19H19BrFN3O2. The Bertz CT molecular complexity index is 790. The molecule has 1 atom stereocenters. The van der Waals surface area contributed by atoms with Crippen LogP contribution < -0.4 is 10.6 Å². The number of aliphatic imine (C=N–C) groups is 1. The van der Waals surface area contributed by atoms with Gasteiger partial charge in [-0.3, -0.25) is 10.1 Å². The van der Waals surface area contributed by atoms with Crippen molar-refractivity contribution in [2.45, 2.75) is 18.9 Å². The highest BCUT2D eigenvalue weighted by atomic mass is 79.9. The molecule has 1 aliphatic rings. The summed E-state index contributed by atoms with van der Waals surface area (Å²) >= 11 is 3.38. The van der Waals surface area contributed by atoms with Crippen LogP contribution in [0.25, 0.3) is 0 Å². The quantitative estimate of drug-likeness (QED) is 0.582. The fraction of sp³-hybridized carbons (Fsp3) is 0.263. The van der Waals surface area contributed by atoms with Crippen molar-refractivity contribution in [3.8, 4) is 0 Å². The summed E-state index contributed by atoms with van der Waals surface area (Å²) in [6.45, 7) is 1.19. The number of hydrogen-bond acceptors (Lipinski definition) is 3. The van der Waals surface area contributed by atoms with Crippen molar-refractivity contribution in [3.63, 3.8) is 0 Å². The first-order chi connectivity index (χ1) is 12.6. The molecule has 0 aliphatic carbocycles. The van der Waals surface area contributed by atoms with Crippen LogP contribution in [0.5, 0.6) is 0 Å². The number of guanidine groups is 1. The Balaban J connectivity index is 1.73. The molecule has 0 unspecified atom stereocenters. The number of nitrogens with one attached hydrogen (secondary N) is 2. The largest absolute Gasteiger partial charge is 0.376 e. The lowest BCUT2D eigenvalue weighted by Gasteiger charge is -2.13. The predicted octanol–water partition coefficient (Wildman–Crippen LogP) is 3.97. The number of ether oxygens (including phenoxy) is 1. The number of benzene rings is 2. The summed E-state index contributed by atoms with van der Waals surface area (Å²) < 4.78 is 19.9. The summed E-state index contributed by atoms with van der Waals surface area (Å²) in [5.74, 6) is -0.589. The molecule has 1 heterocycles. The Morgan fingerprint density at radius 2 is 2.08 bits per heavy atom. The van der Waals surface area contributed by atoms with Crippen molar-refractivity contribution in [1.29, 1.82) is 0 Å². The van der Waals surface area contributed by atoms with E-state index < -0.39 is 11.7 Å². The highest BCUT2D eigenvalue weighted by Gasteiger charge is 2.16. The van der Waals surface area contributed by atoms with Crippen LogP contribution in [0.2, 0.25) is 0 Å². The zero-order chi connectivity index (χ0) is 18.4. The Labute approximate surface area is 159 Å². The minimum Gasteiger partial charge on any atom is -0.376 e. The third-order valence-corrected chi connectivity index (χ3v) is 4.43. The van der Waals surface area contributed by atoms with Crippen molar-refractivity contribution in [3.05, 3.63) is 64.4 Å². The maximum absolute atomic E-state index is 13.4. The molecular weight excluding hydrogens is 401 g/mol. The number of rotatable bonds is 4. The average Bonchev–Trinajstić information content (AvgIpc) is 3.15. The number of carbonyl (C=O) groups excluding carboxylic acids is 1. The molecule has 0 bridgehead atoms. The number of anilines is 1. The van der Waals surface area contributed by atoms with Gasteiger partial charge in [-0.05, 0) is 55.3 Å². The number of halogens is 2. The second kappa shape index (κ2) is 8.91. The van der Waals surface area contributed by atoms with Gasteiger partial charge in [0.1, 0.15) is 5.82 Å². The van der Waals surface area contributed by atoms with Gasteiger partial charge in [-0.25, -0.2) is 9.38 Å². The smallest absolute Gasteiger partial charge is 0.258 e. The predicted molar refractivity (Wildman–Crippen MR) is 103 cm³/mol. The number of carbonyl (C=O) groups is 1. The first-order valence-corrected chi connectivity index (χ1v) is 9.15. The third-order valence-electron chi connectivity index (χ3n) is 3.90. The highest BCUT2D eigenvalue weighted by molar-refractivity contribution is 9.10. The van der Waals surface area contributed by atoms with E-state index in [1.54, 1.807) is 6.07 Å². The SMILES string of the molecule is O=C(NC(=NC[C@H]1CCCO1)Nc1ccc(Br)cc1)c1cccc(F)c1. The van der Waals surface area contributed by atoms with Crippen LogP contribution in [0.4, 0.5) is 10.1 Å². The summed E-state index contributed by atoms with van der Waals surface area (Å²) in [6, 6.07) is 13.0. The normalized spacial score (nSPS) is 17.2. The first-order valence-electron chi connectivity index (χ1n) is 8.36. The second-order valence-corrected chi connectivity index (χ2v) is 6.84. The summed E-state index contributed by atoms with van der Waals surface area (Å²) in [5.41, 5.74) is 1.01. The molecule has 1 amide bonds. The van der Waals surface area contributed by atoms with Gasteiger partial charge in [0, 0.05) is 22.3 Å². The lowest BCUT2D eigenvalue weighted by Crippen LogP contribution is -2.36. The van der Waals surface area contributed by atoms with Crippen LogP contribution >= 0.6 is 15.9 Å². The molecule has 26 heavy (non-hydrogen) atoms. The maximum Gasteiger partial charge on any atom is 0.258 e.